The number of nitrogens with one attached hydrogen (secondary N) is 1. The third-order valence-electron chi connectivity index (χ3n) is 3.64. The Labute approximate surface area is 120 Å². The molecular weight excluding hydrogens is 257 g/mol. The summed E-state index contributed by atoms with van der Waals surface area (Å²) in [6, 6.07) is 5.09. The first-order valence-corrected chi connectivity index (χ1v) is 7.03. The van der Waals surface area contributed by atoms with Gasteiger partial charge in [0.1, 0.15) is 11.7 Å². The molecule has 1 heterocycles. The maximum absolute atomic E-state index is 14.1. The van der Waals surface area contributed by atoms with Crippen molar-refractivity contribution in [2.45, 2.75) is 58.0 Å². The first-order valence-electron chi connectivity index (χ1n) is 7.03. The Bertz CT molecular complexity index is 485. The summed E-state index contributed by atoms with van der Waals surface area (Å²) in [7, 11) is 1.84. The lowest BCUT2D eigenvalue weighted by Gasteiger charge is -2.27. The topological polar surface area (TPSA) is 30.5 Å². The minimum absolute atomic E-state index is 0.151. The Morgan fingerprint density at radius 1 is 1.35 bits per heavy atom. The lowest BCUT2D eigenvalue weighted by molar-refractivity contribution is -0.0849. The van der Waals surface area contributed by atoms with Crippen LogP contribution in [0.2, 0.25) is 0 Å². The minimum atomic E-state index is -0.417. The van der Waals surface area contributed by atoms with Gasteiger partial charge in [-0.25, -0.2) is 4.39 Å². The van der Waals surface area contributed by atoms with Crippen LogP contribution in [0.15, 0.2) is 18.2 Å². The van der Waals surface area contributed by atoms with Crippen LogP contribution in [0.4, 0.5) is 4.39 Å². The number of hydrogen-bond acceptors (Lipinski definition) is 3. The van der Waals surface area contributed by atoms with E-state index in [1.165, 1.54) is 6.07 Å². The van der Waals surface area contributed by atoms with Gasteiger partial charge in [-0.05, 0) is 52.4 Å². The van der Waals surface area contributed by atoms with E-state index in [4.69, 9.17) is 9.47 Å². The van der Waals surface area contributed by atoms with E-state index in [0.29, 0.717) is 12.3 Å². The van der Waals surface area contributed by atoms with Gasteiger partial charge in [-0.1, -0.05) is 6.07 Å². The molecule has 1 unspecified atom stereocenters. The van der Waals surface area contributed by atoms with Crippen LogP contribution in [0.3, 0.4) is 0 Å². The van der Waals surface area contributed by atoms with Gasteiger partial charge in [-0.3, -0.25) is 0 Å². The predicted octanol–water partition coefficient (Wildman–Crippen LogP) is 3.27. The second-order valence-corrected chi connectivity index (χ2v) is 6.57. The van der Waals surface area contributed by atoms with Crippen LogP contribution in [0.1, 0.15) is 39.7 Å². The number of benzene rings is 1. The Morgan fingerprint density at radius 3 is 2.55 bits per heavy atom. The molecule has 1 aliphatic heterocycles. The smallest absolute Gasteiger partial charge is 0.165 e. The van der Waals surface area contributed by atoms with Crippen LogP contribution in [-0.2, 0) is 11.3 Å². The summed E-state index contributed by atoms with van der Waals surface area (Å²) in [6.45, 7) is 8.68. The molecule has 0 saturated carbocycles. The second-order valence-electron chi connectivity index (χ2n) is 6.57. The van der Waals surface area contributed by atoms with E-state index in [1.807, 2.05) is 40.8 Å². The quantitative estimate of drug-likeness (QED) is 0.919. The minimum Gasteiger partial charge on any atom is -0.484 e. The molecule has 0 aromatic heterocycles. The molecule has 112 valence electrons. The standard InChI is InChI=1S/C16H24FNO2/c1-15(2)9-14(16(3,4)20-15)19-13-7-6-11(10-18-5)8-12(13)17/h6-8,14,18H,9-10H2,1-5H3. The molecule has 1 aromatic rings. The van der Waals surface area contributed by atoms with Gasteiger partial charge in [0.25, 0.3) is 0 Å². The summed E-state index contributed by atoms with van der Waals surface area (Å²) in [4.78, 5) is 0. The third-order valence-corrected chi connectivity index (χ3v) is 3.64. The maximum atomic E-state index is 14.1. The predicted molar refractivity (Wildman–Crippen MR) is 77.4 cm³/mol. The van der Waals surface area contributed by atoms with Crippen molar-refractivity contribution in [1.82, 2.24) is 5.32 Å². The Morgan fingerprint density at radius 2 is 2.05 bits per heavy atom. The van der Waals surface area contributed by atoms with E-state index in [0.717, 1.165) is 12.0 Å². The first kappa shape index (κ1) is 15.3. The fourth-order valence-electron chi connectivity index (χ4n) is 2.80. The number of rotatable bonds is 4. The molecule has 0 amide bonds. The van der Waals surface area contributed by atoms with E-state index in [9.17, 15) is 4.39 Å². The molecule has 1 saturated heterocycles. The Balaban J connectivity index is 2.14. The second kappa shape index (κ2) is 5.34. The van der Waals surface area contributed by atoms with Gasteiger partial charge in [0.2, 0.25) is 0 Å². The maximum Gasteiger partial charge on any atom is 0.165 e. The van der Waals surface area contributed by atoms with Gasteiger partial charge in [-0.2, -0.15) is 0 Å². The SMILES string of the molecule is CNCc1ccc(OC2CC(C)(C)OC2(C)C)c(F)c1. The summed E-state index contributed by atoms with van der Waals surface area (Å²) >= 11 is 0. The molecule has 1 fully saturated rings. The molecule has 3 nitrogen and oxygen atoms in total. The highest BCUT2D eigenvalue weighted by molar-refractivity contribution is 5.30. The lowest BCUT2D eigenvalue weighted by atomic mass is 9.97. The summed E-state index contributed by atoms with van der Waals surface area (Å²) in [5, 5.41) is 3.00. The van der Waals surface area contributed by atoms with Crippen molar-refractivity contribution in [3.8, 4) is 5.75 Å². The largest absolute Gasteiger partial charge is 0.484 e. The fourth-order valence-corrected chi connectivity index (χ4v) is 2.80. The summed E-state index contributed by atoms with van der Waals surface area (Å²) < 4.78 is 25.9. The van der Waals surface area contributed by atoms with Crippen molar-refractivity contribution in [1.29, 1.82) is 0 Å². The molecule has 1 aromatic carbocycles. The first-order chi connectivity index (χ1) is 9.23. The Hall–Kier alpha value is -1.13. The van der Waals surface area contributed by atoms with Gasteiger partial charge in [0.15, 0.2) is 11.6 Å². The monoisotopic (exact) mass is 281 g/mol. The average Bonchev–Trinajstić information content (AvgIpc) is 2.51. The molecule has 0 bridgehead atoms. The van der Waals surface area contributed by atoms with Crippen LogP contribution >= 0.6 is 0 Å². The Kier molecular flexibility index (Phi) is 4.07. The van der Waals surface area contributed by atoms with Gasteiger partial charge in [0, 0.05) is 13.0 Å². The van der Waals surface area contributed by atoms with Crippen molar-refractivity contribution < 1.29 is 13.9 Å². The molecule has 1 aliphatic rings. The summed E-state index contributed by atoms with van der Waals surface area (Å²) in [5.41, 5.74) is 0.246. The van der Waals surface area contributed by atoms with Gasteiger partial charge < -0.3 is 14.8 Å². The summed E-state index contributed by atoms with van der Waals surface area (Å²) in [5.74, 6) is -0.0255. The highest BCUT2D eigenvalue weighted by atomic mass is 19.1. The van der Waals surface area contributed by atoms with Crippen LogP contribution in [0.25, 0.3) is 0 Å². The van der Waals surface area contributed by atoms with Crippen LogP contribution in [-0.4, -0.2) is 24.4 Å². The van der Waals surface area contributed by atoms with Crippen molar-refractivity contribution in [3.05, 3.63) is 29.6 Å². The molecule has 2 rings (SSSR count). The summed E-state index contributed by atoms with van der Waals surface area (Å²) in [6.07, 6.45) is 0.597. The zero-order valence-corrected chi connectivity index (χ0v) is 12.9. The van der Waals surface area contributed by atoms with Crippen LogP contribution in [0.5, 0.6) is 5.75 Å². The molecule has 0 radical (unpaired) electrons. The van der Waals surface area contributed by atoms with Gasteiger partial charge in [-0.15, -0.1) is 0 Å². The molecular formula is C16H24FNO2. The van der Waals surface area contributed by atoms with Crippen LogP contribution in [0, 0.1) is 5.82 Å². The van der Waals surface area contributed by atoms with E-state index >= 15 is 0 Å². The highest BCUT2D eigenvalue weighted by Crippen LogP contribution is 2.39. The van der Waals surface area contributed by atoms with Crippen LogP contribution < -0.4 is 10.1 Å². The number of halogens is 1. The highest BCUT2D eigenvalue weighted by Gasteiger charge is 2.47. The molecule has 1 N–H and O–H groups in total. The molecule has 0 spiro atoms. The molecule has 20 heavy (non-hydrogen) atoms. The average molecular weight is 281 g/mol. The van der Waals surface area contributed by atoms with Crippen molar-refractivity contribution in [2.24, 2.45) is 0 Å². The van der Waals surface area contributed by atoms with E-state index in [-0.39, 0.29) is 17.5 Å². The van der Waals surface area contributed by atoms with Crippen molar-refractivity contribution >= 4 is 0 Å². The zero-order valence-electron chi connectivity index (χ0n) is 12.9. The molecule has 0 aliphatic carbocycles. The van der Waals surface area contributed by atoms with E-state index in [2.05, 4.69) is 5.32 Å². The molecule has 4 heteroatoms. The lowest BCUT2D eigenvalue weighted by Crippen LogP contribution is -2.36. The van der Waals surface area contributed by atoms with Crippen molar-refractivity contribution in [2.75, 3.05) is 7.05 Å². The zero-order chi connectivity index (χ0) is 15.0. The van der Waals surface area contributed by atoms with E-state index < -0.39 is 5.60 Å². The number of ether oxygens (including phenoxy) is 2. The number of hydrogen-bond donors (Lipinski definition) is 1. The van der Waals surface area contributed by atoms with Gasteiger partial charge >= 0.3 is 0 Å². The fraction of sp³-hybridized carbons (Fsp3) is 0.625. The third kappa shape index (κ3) is 3.30. The van der Waals surface area contributed by atoms with Gasteiger partial charge in [0.05, 0.1) is 5.60 Å². The normalized spacial score (nSPS) is 23.8. The van der Waals surface area contributed by atoms with E-state index in [1.54, 1.807) is 6.07 Å². The van der Waals surface area contributed by atoms with Crippen molar-refractivity contribution in [3.63, 3.8) is 0 Å². The molecule has 1 atom stereocenters.